The van der Waals surface area contributed by atoms with E-state index in [0.717, 1.165) is 31.4 Å². The summed E-state index contributed by atoms with van der Waals surface area (Å²) in [5.74, 6) is 0.933. The Morgan fingerprint density at radius 2 is 1.85 bits per heavy atom. The molecular formula is C17H29NO2. The molecule has 1 atom stereocenters. The maximum absolute atomic E-state index is 9.06. The van der Waals surface area contributed by atoms with Crippen molar-refractivity contribution in [2.24, 2.45) is 5.73 Å². The summed E-state index contributed by atoms with van der Waals surface area (Å²) in [6.45, 7) is 4.83. The summed E-state index contributed by atoms with van der Waals surface area (Å²) in [4.78, 5) is 0. The van der Waals surface area contributed by atoms with Gasteiger partial charge in [-0.1, -0.05) is 25.5 Å². The molecule has 3 heteroatoms. The van der Waals surface area contributed by atoms with Crippen LogP contribution in [0.2, 0.25) is 0 Å². The minimum atomic E-state index is -0.457. The summed E-state index contributed by atoms with van der Waals surface area (Å²) in [6, 6.07) is 8.39. The van der Waals surface area contributed by atoms with Gasteiger partial charge in [-0.15, -0.1) is 0 Å². The van der Waals surface area contributed by atoms with Crippen molar-refractivity contribution < 1.29 is 9.84 Å². The fraction of sp³-hybridized carbons (Fsp3) is 0.647. The van der Waals surface area contributed by atoms with Crippen LogP contribution >= 0.6 is 0 Å². The quantitative estimate of drug-likeness (QED) is 0.646. The lowest BCUT2D eigenvalue weighted by Gasteiger charge is -2.21. The average molecular weight is 279 g/mol. The smallest absolute Gasteiger partial charge is 0.119 e. The van der Waals surface area contributed by atoms with Gasteiger partial charge in [-0.2, -0.15) is 0 Å². The summed E-state index contributed by atoms with van der Waals surface area (Å²) in [7, 11) is 0. The monoisotopic (exact) mass is 279 g/mol. The van der Waals surface area contributed by atoms with E-state index in [-0.39, 0.29) is 6.61 Å². The number of aliphatic hydroxyl groups excluding tert-OH is 1. The van der Waals surface area contributed by atoms with Gasteiger partial charge in [0, 0.05) is 5.54 Å². The van der Waals surface area contributed by atoms with Crippen LogP contribution in [-0.2, 0) is 6.42 Å². The molecule has 1 rings (SSSR count). The fourth-order valence-corrected chi connectivity index (χ4v) is 2.03. The van der Waals surface area contributed by atoms with Crippen molar-refractivity contribution in [1.29, 1.82) is 0 Å². The Morgan fingerprint density at radius 1 is 1.15 bits per heavy atom. The molecule has 0 heterocycles. The molecular weight excluding hydrogens is 250 g/mol. The van der Waals surface area contributed by atoms with E-state index in [1.165, 1.54) is 18.4 Å². The predicted octanol–water partition coefficient (Wildman–Crippen LogP) is 3.29. The molecule has 0 aliphatic rings. The molecule has 0 aromatic heterocycles. The van der Waals surface area contributed by atoms with Gasteiger partial charge in [0.05, 0.1) is 13.2 Å². The number of ether oxygens (including phenoxy) is 1. The number of benzene rings is 1. The highest BCUT2D eigenvalue weighted by Gasteiger charge is 2.15. The van der Waals surface area contributed by atoms with Gasteiger partial charge in [0.1, 0.15) is 5.75 Å². The highest BCUT2D eigenvalue weighted by Crippen LogP contribution is 2.15. The van der Waals surface area contributed by atoms with Gasteiger partial charge in [0.2, 0.25) is 0 Å². The maximum Gasteiger partial charge on any atom is 0.119 e. The Labute approximate surface area is 123 Å². The zero-order chi connectivity index (χ0) is 14.8. The lowest BCUT2D eigenvalue weighted by atomic mass is 9.97. The minimum absolute atomic E-state index is 0.0348. The van der Waals surface area contributed by atoms with Crippen LogP contribution in [0.25, 0.3) is 0 Å². The van der Waals surface area contributed by atoms with Crippen molar-refractivity contribution >= 4 is 0 Å². The highest BCUT2D eigenvalue weighted by molar-refractivity contribution is 5.27. The third-order valence-electron chi connectivity index (χ3n) is 3.51. The molecule has 0 radical (unpaired) electrons. The van der Waals surface area contributed by atoms with Gasteiger partial charge in [-0.3, -0.25) is 0 Å². The lowest BCUT2D eigenvalue weighted by Crippen LogP contribution is -2.39. The Bertz CT molecular complexity index is 360. The third-order valence-corrected chi connectivity index (χ3v) is 3.51. The highest BCUT2D eigenvalue weighted by atomic mass is 16.5. The zero-order valence-electron chi connectivity index (χ0n) is 12.9. The van der Waals surface area contributed by atoms with Crippen molar-refractivity contribution in [2.75, 3.05) is 13.2 Å². The molecule has 1 aromatic rings. The van der Waals surface area contributed by atoms with Crippen molar-refractivity contribution in [3.63, 3.8) is 0 Å². The van der Waals surface area contributed by atoms with E-state index in [4.69, 9.17) is 15.6 Å². The first-order valence-electron chi connectivity index (χ1n) is 7.69. The van der Waals surface area contributed by atoms with Gasteiger partial charge < -0.3 is 15.6 Å². The van der Waals surface area contributed by atoms with E-state index in [9.17, 15) is 0 Å². The van der Waals surface area contributed by atoms with Crippen molar-refractivity contribution in [1.82, 2.24) is 0 Å². The van der Waals surface area contributed by atoms with E-state index >= 15 is 0 Å². The molecule has 20 heavy (non-hydrogen) atoms. The van der Waals surface area contributed by atoms with Gasteiger partial charge in [-0.05, 0) is 56.7 Å². The first-order valence-corrected chi connectivity index (χ1v) is 7.69. The number of hydrogen-bond donors (Lipinski definition) is 2. The van der Waals surface area contributed by atoms with Crippen LogP contribution < -0.4 is 10.5 Å². The normalized spacial score (nSPS) is 14.0. The summed E-state index contributed by atoms with van der Waals surface area (Å²) in [6.07, 6.45) is 6.37. The molecule has 1 unspecified atom stereocenters. The van der Waals surface area contributed by atoms with Crippen LogP contribution in [-0.4, -0.2) is 23.9 Å². The number of unbranched alkanes of at least 4 members (excludes halogenated alkanes) is 2. The standard InChI is InChI=1S/C17H29NO2/c1-3-4-7-15-8-10-16(11-9-15)20-13-6-5-12-17(2,18)14-19/h8-11,19H,3-7,12-14,18H2,1-2H3. The maximum atomic E-state index is 9.06. The number of nitrogens with two attached hydrogens (primary N) is 1. The average Bonchev–Trinajstić information content (AvgIpc) is 2.46. The van der Waals surface area contributed by atoms with Crippen molar-refractivity contribution in [2.45, 2.75) is 57.9 Å². The van der Waals surface area contributed by atoms with Crippen molar-refractivity contribution in [3.8, 4) is 5.75 Å². The van der Waals surface area contributed by atoms with Crippen LogP contribution in [0.15, 0.2) is 24.3 Å². The van der Waals surface area contributed by atoms with E-state index in [1.54, 1.807) is 0 Å². The van der Waals surface area contributed by atoms with Crippen LogP contribution in [0, 0.1) is 0 Å². The minimum Gasteiger partial charge on any atom is -0.494 e. The molecule has 3 N–H and O–H groups in total. The Morgan fingerprint density at radius 3 is 2.45 bits per heavy atom. The molecule has 0 bridgehead atoms. The van der Waals surface area contributed by atoms with E-state index in [1.807, 2.05) is 19.1 Å². The molecule has 0 aliphatic carbocycles. The van der Waals surface area contributed by atoms with Crippen LogP contribution in [0.5, 0.6) is 5.75 Å². The number of rotatable bonds is 10. The molecule has 0 saturated heterocycles. The third kappa shape index (κ3) is 6.92. The number of aliphatic hydroxyl groups is 1. The second-order valence-electron chi connectivity index (χ2n) is 5.87. The summed E-state index contributed by atoms with van der Waals surface area (Å²) < 4.78 is 5.71. The lowest BCUT2D eigenvalue weighted by molar-refractivity contribution is 0.194. The van der Waals surface area contributed by atoms with Crippen LogP contribution in [0.4, 0.5) is 0 Å². The topological polar surface area (TPSA) is 55.5 Å². The van der Waals surface area contributed by atoms with Gasteiger partial charge in [0.25, 0.3) is 0 Å². The number of hydrogen-bond acceptors (Lipinski definition) is 3. The molecule has 114 valence electrons. The molecule has 0 fully saturated rings. The van der Waals surface area contributed by atoms with Gasteiger partial charge >= 0.3 is 0 Å². The van der Waals surface area contributed by atoms with Crippen LogP contribution in [0.3, 0.4) is 0 Å². The van der Waals surface area contributed by atoms with E-state index < -0.39 is 5.54 Å². The summed E-state index contributed by atoms with van der Waals surface area (Å²) >= 11 is 0. The summed E-state index contributed by atoms with van der Waals surface area (Å²) in [5.41, 5.74) is 6.79. The fourth-order valence-electron chi connectivity index (χ4n) is 2.03. The van der Waals surface area contributed by atoms with Crippen molar-refractivity contribution in [3.05, 3.63) is 29.8 Å². The first-order chi connectivity index (χ1) is 9.57. The number of aryl methyl sites for hydroxylation is 1. The predicted molar refractivity (Wildman–Crippen MR) is 84.1 cm³/mol. The molecule has 3 nitrogen and oxygen atoms in total. The molecule has 0 spiro atoms. The second-order valence-corrected chi connectivity index (χ2v) is 5.87. The van der Waals surface area contributed by atoms with Crippen LogP contribution in [0.1, 0.15) is 51.5 Å². The molecule has 0 saturated carbocycles. The first kappa shape index (κ1) is 17.0. The van der Waals surface area contributed by atoms with Gasteiger partial charge in [-0.25, -0.2) is 0 Å². The second kappa shape index (κ2) is 8.98. The Hall–Kier alpha value is -1.06. The van der Waals surface area contributed by atoms with Gasteiger partial charge in [0.15, 0.2) is 0 Å². The molecule has 1 aromatic carbocycles. The Balaban J connectivity index is 2.19. The zero-order valence-corrected chi connectivity index (χ0v) is 12.9. The molecule has 0 aliphatic heterocycles. The molecule has 0 amide bonds. The Kier molecular flexibility index (Phi) is 7.63. The largest absolute Gasteiger partial charge is 0.494 e. The van der Waals surface area contributed by atoms with E-state index in [0.29, 0.717) is 6.61 Å². The van der Waals surface area contributed by atoms with E-state index in [2.05, 4.69) is 19.1 Å². The summed E-state index contributed by atoms with van der Waals surface area (Å²) in [5, 5.41) is 9.06. The SMILES string of the molecule is CCCCc1ccc(OCCCCC(C)(N)CO)cc1.